The topological polar surface area (TPSA) is 156 Å². The smallest absolute Gasteiger partial charge is 0.456 e. The average molecular weight is 552 g/mol. The van der Waals surface area contributed by atoms with E-state index in [1.807, 2.05) is 19.9 Å². The molecular weight excluding hydrogens is 527 g/mol. The lowest BCUT2D eigenvalue weighted by Gasteiger charge is -2.25. The van der Waals surface area contributed by atoms with Gasteiger partial charge in [-0.3, -0.25) is 14.9 Å². The van der Waals surface area contributed by atoms with Gasteiger partial charge in [-0.05, 0) is 39.7 Å². The Kier molecular flexibility index (Phi) is 10.5. The van der Waals surface area contributed by atoms with Crippen LogP contribution in [0, 0.1) is 10.1 Å². The number of allylic oxidation sites excluding steroid dienone is 3. The number of alkyl halides is 5. The van der Waals surface area contributed by atoms with Gasteiger partial charge in [0.05, 0.1) is 4.92 Å². The molecule has 0 saturated carbocycles. The van der Waals surface area contributed by atoms with Gasteiger partial charge in [0.15, 0.2) is 12.4 Å². The zero-order chi connectivity index (χ0) is 29.5. The zero-order valence-corrected chi connectivity index (χ0v) is 20.4. The van der Waals surface area contributed by atoms with Gasteiger partial charge in [0.1, 0.15) is 0 Å². The molecule has 210 valence electrons. The van der Waals surface area contributed by atoms with Gasteiger partial charge in [0.2, 0.25) is 5.54 Å². The number of halogens is 5. The molecule has 0 aromatic heterocycles. The highest BCUT2D eigenvalue weighted by atomic mass is 19.4. The molecule has 0 radical (unpaired) electrons. The number of ether oxygens (including phenoxy) is 1. The van der Waals surface area contributed by atoms with Crippen LogP contribution in [0.15, 0.2) is 41.5 Å². The van der Waals surface area contributed by atoms with Crippen LogP contribution in [0.1, 0.15) is 50.4 Å². The summed E-state index contributed by atoms with van der Waals surface area (Å²) in [4.78, 5) is 46.6. The van der Waals surface area contributed by atoms with Gasteiger partial charge in [0, 0.05) is 24.1 Å². The molecule has 1 rings (SSSR count). The number of hydrogen-bond donors (Lipinski definition) is 3. The Labute approximate surface area is 212 Å². The number of carboxylic acid groups (broad SMARTS) is 2. The number of carboxylic acids is 2. The Balaban J connectivity index is 3.32. The van der Waals surface area contributed by atoms with Gasteiger partial charge >= 0.3 is 29.7 Å². The van der Waals surface area contributed by atoms with E-state index in [2.05, 4.69) is 4.74 Å². The van der Waals surface area contributed by atoms with Gasteiger partial charge in [-0.1, -0.05) is 23.3 Å². The first-order valence-corrected chi connectivity index (χ1v) is 10.8. The molecule has 10 nitrogen and oxygen atoms in total. The molecule has 0 unspecified atom stereocenters. The predicted octanol–water partition coefficient (Wildman–Crippen LogP) is 4.89. The van der Waals surface area contributed by atoms with Crippen molar-refractivity contribution in [1.29, 1.82) is 0 Å². The summed E-state index contributed by atoms with van der Waals surface area (Å²) < 4.78 is 68.1. The first-order valence-electron chi connectivity index (χ1n) is 10.8. The predicted molar refractivity (Wildman–Crippen MR) is 122 cm³/mol. The highest BCUT2D eigenvalue weighted by Crippen LogP contribution is 2.37. The molecule has 1 amide bonds. The molecule has 0 bridgehead atoms. The Morgan fingerprint density at radius 2 is 1.63 bits per heavy atom. The molecule has 0 atom stereocenters. The minimum absolute atomic E-state index is 0.425. The first-order chi connectivity index (χ1) is 17.3. The Morgan fingerprint density at radius 1 is 1.05 bits per heavy atom. The van der Waals surface area contributed by atoms with Crippen molar-refractivity contribution in [2.24, 2.45) is 0 Å². The van der Waals surface area contributed by atoms with Gasteiger partial charge in [-0.25, -0.2) is 9.59 Å². The van der Waals surface area contributed by atoms with Gasteiger partial charge in [-0.2, -0.15) is 22.0 Å². The fraction of sp³-hybridized carbons (Fsp3) is 0.435. The second-order valence-electron chi connectivity index (χ2n) is 8.48. The van der Waals surface area contributed by atoms with E-state index < -0.39 is 70.4 Å². The number of carbonyl (C=O) groups excluding carboxylic acids is 1. The van der Waals surface area contributed by atoms with Crippen LogP contribution in [0.2, 0.25) is 0 Å². The number of benzene rings is 1. The van der Waals surface area contributed by atoms with E-state index in [1.165, 1.54) is 6.08 Å². The lowest BCUT2D eigenvalue weighted by Crippen LogP contribution is -2.60. The number of nitrogens with one attached hydrogen (secondary N) is 1. The fourth-order valence-electron chi connectivity index (χ4n) is 2.88. The van der Waals surface area contributed by atoms with Crippen LogP contribution in [-0.2, 0) is 9.59 Å². The maximum absolute atomic E-state index is 13.2. The third-order valence-corrected chi connectivity index (χ3v) is 5.15. The van der Waals surface area contributed by atoms with Crippen LogP contribution in [-0.4, -0.2) is 57.2 Å². The van der Waals surface area contributed by atoms with Crippen molar-refractivity contribution < 1.29 is 56.2 Å². The number of amides is 1. The van der Waals surface area contributed by atoms with E-state index in [9.17, 15) is 56.7 Å². The summed E-state index contributed by atoms with van der Waals surface area (Å²) in [7, 11) is 0. The zero-order valence-electron chi connectivity index (χ0n) is 20.4. The van der Waals surface area contributed by atoms with Gasteiger partial charge in [-0.15, -0.1) is 0 Å². The van der Waals surface area contributed by atoms with E-state index in [4.69, 9.17) is 0 Å². The highest BCUT2D eigenvalue weighted by molar-refractivity contribution is 6.09. The molecule has 0 aliphatic carbocycles. The maximum atomic E-state index is 13.2. The van der Waals surface area contributed by atoms with E-state index in [-0.39, 0.29) is 0 Å². The molecule has 0 spiro atoms. The van der Waals surface area contributed by atoms with Crippen molar-refractivity contribution in [1.82, 2.24) is 5.32 Å². The van der Waals surface area contributed by atoms with Gasteiger partial charge < -0.3 is 20.3 Å². The molecule has 0 saturated heterocycles. The molecular formula is C23H25F5N2O8. The Morgan fingerprint density at radius 3 is 2.11 bits per heavy atom. The molecule has 1 aromatic carbocycles. The number of aliphatic carboxylic acids is 2. The van der Waals surface area contributed by atoms with Crippen LogP contribution >= 0.6 is 0 Å². The number of nitro groups is 1. The molecule has 0 aliphatic heterocycles. The van der Waals surface area contributed by atoms with Crippen molar-refractivity contribution in [2.45, 2.75) is 57.7 Å². The van der Waals surface area contributed by atoms with Crippen molar-refractivity contribution >= 4 is 23.5 Å². The fourth-order valence-corrected chi connectivity index (χ4v) is 2.88. The third-order valence-electron chi connectivity index (χ3n) is 5.15. The molecule has 0 fully saturated rings. The van der Waals surface area contributed by atoms with Crippen molar-refractivity contribution in [3.05, 3.63) is 57.2 Å². The number of rotatable bonds is 13. The maximum Gasteiger partial charge on any atom is 0.456 e. The SMILES string of the molecule is CC(C)=CCC/C(C)=C/CC(NC(=O)c1ccc([N+](=O)[O-])c(OCC(F)(F)C(F)(F)F)c1)(C(=O)O)C(=O)O. The lowest BCUT2D eigenvalue weighted by molar-refractivity contribution is -0.386. The van der Waals surface area contributed by atoms with Crippen LogP contribution in [0.4, 0.5) is 27.6 Å². The molecule has 38 heavy (non-hydrogen) atoms. The summed E-state index contributed by atoms with van der Waals surface area (Å²) in [5, 5.41) is 32.2. The minimum atomic E-state index is -6.03. The van der Waals surface area contributed by atoms with E-state index in [1.54, 1.807) is 12.2 Å². The number of nitrogens with zero attached hydrogens (tertiary/aromatic N) is 1. The summed E-state index contributed by atoms with van der Waals surface area (Å²) in [6.07, 6.45) is -2.50. The molecule has 0 aliphatic rings. The average Bonchev–Trinajstić information content (AvgIpc) is 2.78. The van der Waals surface area contributed by atoms with Crippen LogP contribution in [0.25, 0.3) is 0 Å². The minimum Gasteiger partial charge on any atom is -0.480 e. The normalized spacial score (nSPS) is 12.5. The molecule has 3 N–H and O–H groups in total. The molecule has 1 aromatic rings. The second kappa shape index (κ2) is 12.5. The van der Waals surface area contributed by atoms with Gasteiger partial charge in [0.25, 0.3) is 5.91 Å². The monoisotopic (exact) mass is 552 g/mol. The van der Waals surface area contributed by atoms with Crippen molar-refractivity contribution in [3.63, 3.8) is 0 Å². The number of hydrogen-bond acceptors (Lipinski definition) is 6. The van der Waals surface area contributed by atoms with Crippen molar-refractivity contribution in [3.8, 4) is 5.75 Å². The van der Waals surface area contributed by atoms with Crippen molar-refractivity contribution in [2.75, 3.05) is 6.61 Å². The van der Waals surface area contributed by atoms with Crippen LogP contribution < -0.4 is 10.1 Å². The number of nitro benzene ring substituents is 1. The summed E-state index contributed by atoms with van der Waals surface area (Å²) >= 11 is 0. The Bertz CT molecular complexity index is 1130. The second-order valence-corrected chi connectivity index (χ2v) is 8.48. The summed E-state index contributed by atoms with van der Waals surface area (Å²) in [6.45, 7) is 3.00. The van der Waals surface area contributed by atoms with E-state index >= 15 is 0 Å². The third kappa shape index (κ3) is 8.24. The summed E-state index contributed by atoms with van der Waals surface area (Å²) in [5.41, 5.74) is -3.03. The largest absolute Gasteiger partial charge is 0.480 e. The quantitative estimate of drug-likeness (QED) is 0.103. The van der Waals surface area contributed by atoms with Crippen LogP contribution in [0.5, 0.6) is 5.75 Å². The lowest BCUT2D eigenvalue weighted by atomic mass is 9.92. The summed E-state index contributed by atoms with van der Waals surface area (Å²) in [5.74, 6) is -11.9. The highest BCUT2D eigenvalue weighted by Gasteiger charge is 2.58. The standard InChI is InChI=1S/C23H25F5N2O8/c1-13(2)5-4-6-14(3)9-10-21(19(32)33,20(34)35)29-18(31)15-7-8-16(30(36)37)17(11-15)38-12-22(24,25)23(26,27)28/h5,7-9,11H,4,6,10,12H2,1-3H3,(H,29,31)(H,32,33)(H,34,35)/b14-9+. The van der Waals surface area contributed by atoms with Crippen LogP contribution in [0.3, 0.4) is 0 Å². The first kappa shape index (κ1) is 32.0. The Hall–Kier alpha value is -4.04. The molecule has 15 heteroatoms. The summed E-state index contributed by atoms with van der Waals surface area (Å²) in [6, 6.07) is 1.69. The number of carbonyl (C=O) groups is 3. The molecule has 0 heterocycles. The van der Waals surface area contributed by atoms with E-state index in [0.29, 0.717) is 30.5 Å². The van der Waals surface area contributed by atoms with E-state index in [0.717, 1.165) is 11.6 Å².